The molecule has 0 saturated carbocycles. The smallest absolute Gasteiger partial charge is 0.331 e. The van der Waals surface area contributed by atoms with Gasteiger partial charge in [0, 0.05) is 28.6 Å². The minimum absolute atomic E-state index is 0. The third-order valence-corrected chi connectivity index (χ3v) is 1.29. The number of ether oxygens (including phenoxy) is 1. The summed E-state index contributed by atoms with van der Waals surface area (Å²) in [6.07, 6.45) is 0. The summed E-state index contributed by atoms with van der Waals surface area (Å²) in [5, 5.41) is 0. The average molecular weight is 234 g/mol. The van der Waals surface area contributed by atoms with Crippen LogP contribution in [0.15, 0.2) is 0 Å². The van der Waals surface area contributed by atoms with E-state index in [9.17, 15) is 19.2 Å². The van der Waals surface area contributed by atoms with Crippen molar-refractivity contribution >= 4 is 23.5 Å². The van der Waals surface area contributed by atoms with Gasteiger partial charge in [0.05, 0.1) is 0 Å². The van der Waals surface area contributed by atoms with Crippen molar-refractivity contribution in [1.82, 2.24) is 0 Å². The van der Waals surface area contributed by atoms with E-state index in [1.165, 1.54) is 0 Å². The van der Waals surface area contributed by atoms with Crippen LogP contribution in [-0.4, -0.2) is 23.5 Å². The van der Waals surface area contributed by atoms with Crippen molar-refractivity contribution in [3.63, 3.8) is 0 Å². The molecule has 6 heteroatoms. The molecule has 0 aliphatic rings. The van der Waals surface area contributed by atoms with Gasteiger partial charge in [-0.25, -0.2) is 0 Å². The SMILES string of the molecule is CC(=O)OC(=O)C(C(C)=O)C(C)=O.[Ti]. The Morgan fingerprint density at radius 2 is 1.29 bits per heavy atom. The van der Waals surface area contributed by atoms with Crippen LogP contribution < -0.4 is 0 Å². The summed E-state index contributed by atoms with van der Waals surface area (Å²) >= 11 is 0. The van der Waals surface area contributed by atoms with Crippen molar-refractivity contribution in [2.75, 3.05) is 0 Å². The molecule has 0 aliphatic heterocycles. The Labute approximate surface area is 96.1 Å². The Morgan fingerprint density at radius 1 is 0.929 bits per heavy atom. The van der Waals surface area contributed by atoms with E-state index in [-0.39, 0.29) is 21.7 Å². The molecule has 0 heterocycles. The molecule has 5 nitrogen and oxygen atoms in total. The summed E-state index contributed by atoms with van der Waals surface area (Å²) in [7, 11) is 0. The van der Waals surface area contributed by atoms with E-state index in [1.54, 1.807) is 0 Å². The monoisotopic (exact) mass is 234 g/mol. The first-order chi connectivity index (χ1) is 5.86. The van der Waals surface area contributed by atoms with Gasteiger partial charge in [0.1, 0.15) is 0 Å². The Bertz CT molecular complexity index is 257. The summed E-state index contributed by atoms with van der Waals surface area (Å²) in [6.45, 7) is 3.20. The Morgan fingerprint density at radius 3 is 1.50 bits per heavy atom. The minimum Gasteiger partial charge on any atom is -0.392 e. The fourth-order valence-electron chi connectivity index (χ4n) is 0.819. The molecule has 0 atom stereocenters. The van der Waals surface area contributed by atoms with E-state index in [2.05, 4.69) is 4.74 Å². The van der Waals surface area contributed by atoms with Gasteiger partial charge in [0.15, 0.2) is 17.5 Å². The molecule has 0 bridgehead atoms. The molecule has 0 saturated heterocycles. The van der Waals surface area contributed by atoms with E-state index in [4.69, 9.17) is 0 Å². The van der Waals surface area contributed by atoms with Gasteiger partial charge in [0.25, 0.3) is 0 Å². The Kier molecular flexibility index (Phi) is 7.40. The maximum absolute atomic E-state index is 11.0. The molecule has 0 fully saturated rings. The maximum atomic E-state index is 11.0. The molecular weight excluding hydrogens is 224 g/mol. The standard InChI is InChI=1S/C8H10O5.Ti/c1-4(9)7(5(2)10)8(12)13-6(3)11;/h7H,1-3H3;. The van der Waals surface area contributed by atoms with Gasteiger partial charge in [-0.1, -0.05) is 0 Å². The first-order valence-electron chi connectivity index (χ1n) is 3.59. The van der Waals surface area contributed by atoms with Crippen LogP contribution in [0.5, 0.6) is 0 Å². The molecule has 0 unspecified atom stereocenters. The van der Waals surface area contributed by atoms with Gasteiger partial charge in [-0.2, -0.15) is 0 Å². The number of carbonyl (C=O) groups is 4. The van der Waals surface area contributed by atoms with Crippen molar-refractivity contribution in [2.45, 2.75) is 20.8 Å². The van der Waals surface area contributed by atoms with Crippen LogP contribution in [0.2, 0.25) is 0 Å². The summed E-state index contributed by atoms with van der Waals surface area (Å²) in [5.41, 5.74) is 0. The van der Waals surface area contributed by atoms with Crippen molar-refractivity contribution < 1.29 is 45.6 Å². The van der Waals surface area contributed by atoms with Crippen LogP contribution in [0.1, 0.15) is 20.8 Å². The van der Waals surface area contributed by atoms with E-state index in [0.29, 0.717) is 0 Å². The zero-order valence-electron chi connectivity index (χ0n) is 8.12. The van der Waals surface area contributed by atoms with Gasteiger partial charge >= 0.3 is 11.9 Å². The topological polar surface area (TPSA) is 77.5 Å². The molecule has 0 aliphatic carbocycles. The molecule has 0 rings (SSSR count). The van der Waals surface area contributed by atoms with Crippen LogP contribution in [0, 0.1) is 5.92 Å². The van der Waals surface area contributed by atoms with Crippen molar-refractivity contribution in [2.24, 2.45) is 5.92 Å². The predicted octanol–water partition coefficient (Wildman–Crippen LogP) is -0.132. The fraction of sp³-hybridized carbons (Fsp3) is 0.500. The Balaban J connectivity index is 0. The first kappa shape index (κ1) is 15.7. The number of hydrogen-bond acceptors (Lipinski definition) is 5. The van der Waals surface area contributed by atoms with Crippen LogP contribution in [0.4, 0.5) is 0 Å². The number of carbonyl (C=O) groups excluding carboxylic acids is 4. The molecule has 14 heavy (non-hydrogen) atoms. The van der Waals surface area contributed by atoms with Gasteiger partial charge in [-0.05, 0) is 13.8 Å². The van der Waals surface area contributed by atoms with Crippen LogP contribution in [-0.2, 0) is 45.6 Å². The largest absolute Gasteiger partial charge is 0.392 e. The van der Waals surface area contributed by atoms with Crippen molar-refractivity contribution in [3.8, 4) is 0 Å². The normalized spacial score (nSPS) is 8.86. The third kappa shape index (κ3) is 5.04. The van der Waals surface area contributed by atoms with Gasteiger partial charge in [0.2, 0.25) is 0 Å². The van der Waals surface area contributed by atoms with Crippen LogP contribution in [0.3, 0.4) is 0 Å². The second-order valence-electron chi connectivity index (χ2n) is 2.57. The number of rotatable bonds is 3. The number of esters is 2. The second-order valence-corrected chi connectivity index (χ2v) is 2.57. The summed E-state index contributed by atoms with van der Waals surface area (Å²) in [4.78, 5) is 42.8. The Hall–Kier alpha value is -0.806. The first-order valence-corrected chi connectivity index (χ1v) is 3.59. The zero-order chi connectivity index (χ0) is 10.6. The maximum Gasteiger partial charge on any atom is 0.331 e. The molecule has 0 amide bonds. The zero-order valence-corrected chi connectivity index (χ0v) is 9.68. The minimum atomic E-state index is -1.47. The predicted molar refractivity (Wildman–Crippen MR) is 41.6 cm³/mol. The molecule has 0 aromatic heterocycles. The van der Waals surface area contributed by atoms with E-state index >= 15 is 0 Å². The molecule has 0 spiro atoms. The van der Waals surface area contributed by atoms with E-state index in [0.717, 1.165) is 20.8 Å². The molecule has 0 aromatic carbocycles. The van der Waals surface area contributed by atoms with Crippen molar-refractivity contribution in [1.29, 1.82) is 0 Å². The number of hydrogen-bond donors (Lipinski definition) is 0. The fourth-order valence-corrected chi connectivity index (χ4v) is 0.819. The quantitative estimate of drug-likeness (QED) is 0.386. The number of Topliss-reactive ketones (excluding diaryl/α,β-unsaturated/α-hetero) is 2. The van der Waals surface area contributed by atoms with Gasteiger partial charge in [-0.15, -0.1) is 0 Å². The van der Waals surface area contributed by atoms with Gasteiger partial charge < -0.3 is 4.74 Å². The summed E-state index contributed by atoms with van der Waals surface area (Å²) in [6, 6.07) is 0. The van der Waals surface area contributed by atoms with Crippen molar-refractivity contribution in [3.05, 3.63) is 0 Å². The third-order valence-electron chi connectivity index (χ3n) is 1.29. The molecule has 0 radical (unpaired) electrons. The van der Waals surface area contributed by atoms with Gasteiger partial charge in [-0.3, -0.25) is 19.2 Å². The molecule has 0 N–H and O–H groups in total. The summed E-state index contributed by atoms with van der Waals surface area (Å²) < 4.78 is 4.12. The van der Waals surface area contributed by atoms with Crippen LogP contribution >= 0.6 is 0 Å². The van der Waals surface area contributed by atoms with Crippen LogP contribution in [0.25, 0.3) is 0 Å². The molecule has 0 aromatic rings. The van der Waals surface area contributed by atoms with E-state index < -0.39 is 29.4 Å². The number of ketones is 2. The molecule has 76 valence electrons. The van der Waals surface area contributed by atoms with E-state index in [1.807, 2.05) is 0 Å². The second kappa shape index (κ2) is 6.62. The average Bonchev–Trinajstić information content (AvgIpc) is 1.81. The summed E-state index contributed by atoms with van der Waals surface area (Å²) in [5.74, 6) is -4.66. The molecular formula is C8H10O5Ti.